The Morgan fingerprint density at radius 2 is 0.929 bits per heavy atom. The number of rotatable bonds is 14. The van der Waals surface area contributed by atoms with E-state index >= 15 is 0 Å². The Bertz CT molecular complexity index is 493. The zero-order valence-corrected chi connectivity index (χ0v) is 18.5. The first-order chi connectivity index (χ1) is 13.1. The second-order valence-corrected chi connectivity index (χ2v) is 7.87. The molecule has 0 aromatic rings. The van der Waals surface area contributed by atoms with Crippen molar-refractivity contribution in [2.24, 2.45) is 10.8 Å². The van der Waals surface area contributed by atoms with Crippen molar-refractivity contribution in [3.8, 4) is 0 Å². The van der Waals surface area contributed by atoms with Crippen LogP contribution in [-0.4, -0.2) is 23.5 Å². The SMILES string of the molecule is CCCCCC(=O)C(C)(CC)C(=O)OOC(=O)C(C)(CC)C(=O)CCCCC. The van der Waals surface area contributed by atoms with Crippen molar-refractivity contribution in [2.75, 3.05) is 0 Å². The van der Waals surface area contributed by atoms with Gasteiger partial charge < -0.3 is 0 Å². The summed E-state index contributed by atoms with van der Waals surface area (Å²) in [7, 11) is 0. The van der Waals surface area contributed by atoms with E-state index in [2.05, 4.69) is 0 Å². The Labute approximate surface area is 169 Å². The summed E-state index contributed by atoms with van der Waals surface area (Å²) in [5.41, 5.74) is -2.72. The highest BCUT2D eigenvalue weighted by atomic mass is 17.2. The van der Waals surface area contributed by atoms with Crippen LogP contribution in [0.1, 0.15) is 106 Å². The lowest BCUT2D eigenvalue weighted by atomic mass is 9.80. The van der Waals surface area contributed by atoms with Gasteiger partial charge in [-0.05, 0) is 39.5 Å². The second kappa shape index (κ2) is 12.7. The van der Waals surface area contributed by atoms with Crippen LogP contribution in [0.25, 0.3) is 0 Å². The van der Waals surface area contributed by atoms with Crippen LogP contribution in [0.3, 0.4) is 0 Å². The minimum absolute atomic E-state index is 0.224. The lowest BCUT2D eigenvalue weighted by molar-refractivity contribution is -0.271. The Balaban J connectivity index is 4.96. The summed E-state index contributed by atoms with van der Waals surface area (Å²) in [6.45, 7) is 10.5. The highest BCUT2D eigenvalue weighted by molar-refractivity contribution is 6.05. The van der Waals surface area contributed by atoms with E-state index < -0.39 is 22.8 Å². The van der Waals surface area contributed by atoms with Gasteiger partial charge in [0, 0.05) is 12.8 Å². The van der Waals surface area contributed by atoms with Crippen molar-refractivity contribution < 1.29 is 29.0 Å². The van der Waals surface area contributed by atoms with E-state index in [9.17, 15) is 19.2 Å². The van der Waals surface area contributed by atoms with Crippen LogP contribution in [0, 0.1) is 10.8 Å². The standard InChI is InChI=1S/C22H38O6/c1-7-11-13-15-17(23)21(5,9-3)19(25)27-28-20(26)22(6,10-4)18(24)16-14-12-8-2/h7-16H2,1-6H3. The van der Waals surface area contributed by atoms with E-state index in [1.165, 1.54) is 13.8 Å². The van der Waals surface area contributed by atoms with Crippen molar-refractivity contribution >= 4 is 23.5 Å². The van der Waals surface area contributed by atoms with Crippen LogP contribution in [0.2, 0.25) is 0 Å². The predicted molar refractivity (Wildman–Crippen MR) is 107 cm³/mol. The largest absolute Gasteiger partial charge is 0.368 e. The number of hydrogen-bond donors (Lipinski definition) is 0. The zero-order valence-electron chi connectivity index (χ0n) is 18.5. The van der Waals surface area contributed by atoms with Crippen LogP contribution in [0.4, 0.5) is 0 Å². The van der Waals surface area contributed by atoms with Gasteiger partial charge in [-0.2, -0.15) is 0 Å². The molecule has 0 amide bonds. The fourth-order valence-corrected chi connectivity index (χ4v) is 2.79. The molecule has 28 heavy (non-hydrogen) atoms. The van der Waals surface area contributed by atoms with Gasteiger partial charge in [0.2, 0.25) is 0 Å². The van der Waals surface area contributed by atoms with Gasteiger partial charge in [-0.15, -0.1) is 0 Å². The molecule has 0 fully saturated rings. The van der Waals surface area contributed by atoms with E-state index in [0.29, 0.717) is 12.8 Å². The predicted octanol–water partition coefficient (Wildman–Crippen LogP) is 5.12. The third-order valence-corrected chi connectivity index (χ3v) is 5.75. The highest BCUT2D eigenvalue weighted by Crippen LogP contribution is 2.30. The van der Waals surface area contributed by atoms with Crippen molar-refractivity contribution in [3.63, 3.8) is 0 Å². The van der Waals surface area contributed by atoms with Crippen LogP contribution < -0.4 is 0 Å². The normalized spacial score (nSPS) is 15.2. The Morgan fingerprint density at radius 1 is 0.607 bits per heavy atom. The lowest BCUT2D eigenvalue weighted by Gasteiger charge is -2.26. The summed E-state index contributed by atoms with van der Waals surface area (Å²) in [5.74, 6) is -2.22. The van der Waals surface area contributed by atoms with E-state index in [-0.39, 0.29) is 37.2 Å². The van der Waals surface area contributed by atoms with Gasteiger partial charge in [0.25, 0.3) is 0 Å². The van der Waals surface area contributed by atoms with Gasteiger partial charge in [-0.1, -0.05) is 53.4 Å². The number of hydrogen-bond acceptors (Lipinski definition) is 6. The average Bonchev–Trinajstić information content (AvgIpc) is 2.70. The quantitative estimate of drug-likeness (QED) is 0.175. The molecule has 0 spiro atoms. The molecule has 6 heteroatoms. The summed E-state index contributed by atoms with van der Waals surface area (Å²) in [6, 6.07) is 0. The number of unbranched alkanes of at least 4 members (excludes halogenated alkanes) is 4. The van der Waals surface area contributed by atoms with Crippen LogP contribution in [-0.2, 0) is 29.0 Å². The topological polar surface area (TPSA) is 86.7 Å². The molecule has 162 valence electrons. The molecule has 0 saturated carbocycles. The van der Waals surface area contributed by atoms with E-state index in [1.807, 2.05) is 13.8 Å². The molecule has 0 rings (SSSR count). The van der Waals surface area contributed by atoms with Gasteiger partial charge in [0.05, 0.1) is 0 Å². The fraction of sp³-hybridized carbons (Fsp3) is 0.818. The Hall–Kier alpha value is -1.72. The van der Waals surface area contributed by atoms with Gasteiger partial charge in [-0.3, -0.25) is 9.59 Å². The molecule has 0 aliphatic rings. The number of carbonyl (C=O) groups is 4. The maximum absolute atomic E-state index is 12.5. The summed E-state index contributed by atoms with van der Waals surface area (Å²) >= 11 is 0. The van der Waals surface area contributed by atoms with Crippen molar-refractivity contribution in [3.05, 3.63) is 0 Å². The number of carbonyl (C=O) groups excluding carboxylic acids is 4. The molecule has 2 unspecified atom stereocenters. The van der Waals surface area contributed by atoms with Crippen LogP contribution in [0.15, 0.2) is 0 Å². The summed E-state index contributed by atoms with van der Waals surface area (Å²) in [6.07, 6.45) is 6.23. The monoisotopic (exact) mass is 398 g/mol. The molecule has 2 atom stereocenters. The van der Waals surface area contributed by atoms with Crippen molar-refractivity contribution in [2.45, 2.75) is 106 Å². The molecule has 0 aromatic carbocycles. The number of Topliss-reactive ketones (excluding diaryl/α,β-unsaturated/α-hetero) is 2. The molecule has 0 heterocycles. The van der Waals surface area contributed by atoms with E-state index in [4.69, 9.17) is 9.78 Å². The summed E-state index contributed by atoms with van der Waals surface area (Å²) in [5, 5.41) is 0. The number of ketones is 2. The van der Waals surface area contributed by atoms with Crippen LogP contribution in [0.5, 0.6) is 0 Å². The minimum Gasteiger partial charge on any atom is -0.298 e. The zero-order chi connectivity index (χ0) is 21.8. The maximum Gasteiger partial charge on any atom is 0.368 e. The van der Waals surface area contributed by atoms with Gasteiger partial charge in [0.15, 0.2) is 0 Å². The molecule has 0 aliphatic heterocycles. The molecule has 0 N–H and O–H groups in total. The molecule has 0 bridgehead atoms. The molecule has 0 aliphatic carbocycles. The van der Waals surface area contributed by atoms with Gasteiger partial charge in [0.1, 0.15) is 22.4 Å². The van der Waals surface area contributed by atoms with Crippen molar-refractivity contribution in [1.29, 1.82) is 0 Å². The van der Waals surface area contributed by atoms with Crippen molar-refractivity contribution in [1.82, 2.24) is 0 Å². The Morgan fingerprint density at radius 3 is 1.18 bits per heavy atom. The minimum atomic E-state index is -1.36. The van der Waals surface area contributed by atoms with Gasteiger partial charge in [-0.25, -0.2) is 19.4 Å². The second-order valence-electron chi connectivity index (χ2n) is 7.87. The first-order valence-corrected chi connectivity index (χ1v) is 10.6. The molecular formula is C22H38O6. The Kier molecular flexibility index (Phi) is 11.9. The molecule has 0 saturated heterocycles. The van der Waals surface area contributed by atoms with Gasteiger partial charge >= 0.3 is 11.9 Å². The first-order valence-electron chi connectivity index (χ1n) is 10.6. The molecule has 0 aromatic heterocycles. The molecular weight excluding hydrogens is 360 g/mol. The first kappa shape index (κ1) is 26.3. The molecule has 6 nitrogen and oxygen atoms in total. The summed E-state index contributed by atoms with van der Waals surface area (Å²) < 4.78 is 0. The maximum atomic E-state index is 12.5. The average molecular weight is 399 g/mol. The fourth-order valence-electron chi connectivity index (χ4n) is 2.79. The van der Waals surface area contributed by atoms with E-state index in [0.717, 1.165) is 25.7 Å². The smallest absolute Gasteiger partial charge is 0.298 e. The third kappa shape index (κ3) is 7.02. The third-order valence-electron chi connectivity index (χ3n) is 5.75. The molecule has 0 radical (unpaired) electrons. The van der Waals surface area contributed by atoms with Crippen LogP contribution >= 0.6 is 0 Å². The van der Waals surface area contributed by atoms with E-state index in [1.54, 1.807) is 13.8 Å². The summed E-state index contributed by atoms with van der Waals surface area (Å²) in [4.78, 5) is 59.4. The highest BCUT2D eigenvalue weighted by Gasteiger charge is 2.45. The lowest BCUT2D eigenvalue weighted by Crippen LogP contribution is -2.41.